The number of nitrogens with zero attached hydrogens (tertiary/aromatic N) is 1. The number of carbonyl (C=O) groups is 1. The van der Waals surface area contributed by atoms with Crippen LogP contribution in [0.1, 0.15) is 239 Å². The zero-order chi connectivity index (χ0) is 44.1. The van der Waals surface area contributed by atoms with E-state index in [1.807, 2.05) is 21.1 Å². The van der Waals surface area contributed by atoms with Crippen LogP contribution in [0.25, 0.3) is 0 Å². The van der Waals surface area contributed by atoms with E-state index < -0.39 is 13.9 Å². The first-order chi connectivity index (χ1) is 29.1. The van der Waals surface area contributed by atoms with Gasteiger partial charge in [0, 0.05) is 13.0 Å². The van der Waals surface area contributed by atoms with Gasteiger partial charge in [-0.1, -0.05) is 212 Å². The molecular weight excluding hydrogens is 770 g/mol. The van der Waals surface area contributed by atoms with E-state index in [9.17, 15) is 14.3 Å². The largest absolute Gasteiger partial charge is 0.472 e. The van der Waals surface area contributed by atoms with Crippen molar-refractivity contribution in [1.29, 1.82) is 0 Å². The van der Waals surface area contributed by atoms with E-state index in [-0.39, 0.29) is 25.8 Å². The molecule has 1 N–H and O–H groups in total. The van der Waals surface area contributed by atoms with Crippen molar-refractivity contribution in [3.63, 3.8) is 0 Å². The predicted octanol–water partition coefficient (Wildman–Crippen LogP) is 15.6. The molecule has 0 aromatic heterocycles. The molecule has 0 fully saturated rings. The molecule has 0 rings (SSSR count). The van der Waals surface area contributed by atoms with Gasteiger partial charge in [-0.3, -0.25) is 13.8 Å². The Balaban J connectivity index is 4.05. The molecule has 0 saturated carbocycles. The van der Waals surface area contributed by atoms with Gasteiger partial charge in [0.25, 0.3) is 0 Å². The van der Waals surface area contributed by atoms with E-state index in [0.717, 1.165) is 38.5 Å². The molecule has 60 heavy (non-hydrogen) atoms. The number of esters is 1. The molecule has 0 bridgehead atoms. The Hall–Kier alpha value is -1.02. The molecule has 0 aromatic rings. The summed E-state index contributed by atoms with van der Waals surface area (Å²) in [6.07, 6.45) is 52.2. The highest BCUT2D eigenvalue weighted by atomic mass is 31.2. The van der Waals surface area contributed by atoms with Crippen molar-refractivity contribution in [3.05, 3.63) is 24.3 Å². The van der Waals surface area contributed by atoms with Crippen molar-refractivity contribution in [2.45, 2.75) is 245 Å². The van der Waals surface area contributed by atoms with Gasteiger partial charge in [0.1, 0.15) is 19.3 Å². The molecule has 0 aliphatic carbocycles. The van der Waals surface area contributed by atoms with Crippen LogP contribution in [0.4, 0.5) is 0 Å². The van der Waals surface area contributed by atoms with Crippen molar-refractivity contribution in [3.8, 4) is 0 Å². The van der Waals surface area contributed by atoms with E-state index in [4.69, 9.17) is 18.5 Å². The Morgan fingerprint density at radius 2 is 0.917 bits per heavy atom. The van der Waals surface area contributed by atoms with Crippen molar-refractivity contribution >= 4 is 13.8 Å². The van der Waals surface area contributed by atoms with Gasteiger partial charge in [-0.05, 0) is 44.9 Å². The Kier molecular flexibility index (Phi) is 43.8. The zero-order valence-electron chi connectivity index (χ0n) is 40.5. The summed E-state index contributed by atoms with van der Waals surface area (Å²) in [6.45, 7) is 5.66. The van der Waals surface area contributed by atoms with Crippen LogP contribution in [-0.4, -0.2) is 75.6 Å². The lowest BCUT2D eigenvalue weighted by Crippen LogP contribution is -2.37. The second-order valence-corrected chi connectivity index (χ2v) is 20.0. The summed E-state index contributed by atoms with van der Waals surface area (Å²) < 4.78 is 35.1. The number of rotatable bonds is 48. The Labute approximate surface area is 373 Å². The van der Waals surface area contributed by atoms with Gasteiger partial charge in [0.05, 0.1) is 34.4 Å². The van der Waals surface area contributed by atoms with Gasteiger partial charge in [0.15, 0.2) is 0 Å². The molecular formula is C51H101NO7P+. The topological polar surface area (TPSA) is 91.3 Å². The van der Waals surface area contributed by atoms with Crippen molar-refractivity contribution in [1.82, 2.24) is 0 Å². The first-order valence-electron chi connectivity index (χ1n) is 25.6. The molecule has 0 spiro atoms. The molecule has 0 aliphatic heterocycles. The third kappa shape index (κ3) is 48.0. The number of ether oxygens (including phenoxy) is 2. The van der Waals surface area contributed by atoms with Gasteiger partial charge in [-0.2, -0.15) is 0 Å². The molecule has 8 nitrogen and oxygen atoms in total. The summed E-state index contributed by atoms with van der Waals surface area (Å²) in [5.41, 5.74) is 0. The van der Waals surface area contributed by atoms with Crippen LogP contribution in [0.3, 0.4) is 0 Å². The molecule has 9 heteroatoms. The molecule has 0 aliphatic rings. The zero-order valence-corrected chi connectivity index (χ0v) is 41.4. The number of phosphoric acid groups is 1. The first-order valence-corrected chi connectivity index (χ1v) is 27.1. The quantitative estimate of drug-likeness (QED) is 0.0214. The maximum absolute atomic E-state index is 12.7. The molecule has 2 unspecified atom stereocenters. The second-order valence-electron chi connectivity index (χ2n) is 18.6. The molecule has 2 atom stereocenters. The average Bonchev–Trinajstić information content (AvgIpc) is 3.20. The summed E-state index contributed by atoms with van der Waals surface area (Å²) in [6, 6.07) is 0. The highest BCUT2D eigenvalue weighted by molar-refractivity contribution is 7.47. The highest BCUT2D eigenvalue weighted by Gasteiger charge is 2.26. The van der Waals surface area contributed by atoms with Crippen LogP contribution in [0, 0.1) is 0 Å². The van der Waals surface area contributed by atoms with E-state index in [1.165, 1.54) is 180 Å². The maximum Gasteiger partial charge on any atom is 0.472 e. The van der Waals surface area contributed by atoms with Crippen LogP contribution in [0.2, 0.25) is 0 Å². The lowest BCUT2D eigenvalue weighted by Gasteiger charge is -2.24. The number of carbonyl (C=O) groups excluding carboxylic acids is 1. The summed E-state index contributed by atoms with van der Waals surface area (Å²) in [5, 5.41) is 0. The smallest absolute Gasteiger partial charge is 0.457 e. The highest BCUT2D eigenvalue weighted by Crippen LogP contribution is 2.43. The van der Waals surface area contributed by atoms with Crippen molar-refractivity contribution in [2.24, 2.45) is 0 Å². The molecule has 0 radical (unpaired) electrons. The van der Waals surface area contributed by atoms with Gasteiger partial charge in [-0.15, -0.1) is 0 Å². The van der Waals surface area contributed by atoms with Gasteiger partial charge >= 0.3 is 13.8 Å². The van der Waals surface area contributed by atoms with Gasteiger partial charge in [0.2, 0.25) is 0 Å². The number of hydrogen-bond acceptors (Lipinski definition) is 6. The second kappa shape index (κ2) is 44.6. The number of allylic oxidation sites excluding steroid dienone is 4. The van der Waals surface area contributed by atoms with Crippen LogP contribution in [0.15, 0.2) is 24.3 Å². The molecule has 0 aromatic carbocycles. The average molecular weight is 871 g/mol. The Bertz CT molecular complexity index is 1010. The minimum atomic E-state index is -4.27. The van der Waals surface area contributed by atoms with Gasteiger partial charge < -0.3 is 18.9 Å². The van der Waals surface area contributed by atoms with Crippen molar-refractivity contribution < 1.29 is 37.3 Å². The van der Waals surface area contributed by atoms with Crippen LogP contribution >= 0.6 is 7.82 Å². The minimum absolute atomic E-state index is 0.0911. The Morgan fingerprint density at radius 3 is 1.35 bits per heavy atom. The number of phosphoric ester groups is 1. The summed E-state index contributed by atoms with van der Waals surface area (Å²) in [5.74, 6) is -0.310. The van der Waals surface area contributed by atoms with E-state index in [2.05, 4.69) is 38.2 Å². The monoisotopic (exact) mass is 871 g/mol. The fraction of sp³-hybridized carbons (Fsp3) is 0.902. The van der Waals surface area contributed by atoms with E-state index >= 15 is 0 Å². The Morgan fingerprint density at radius 1 is 0.517 bits per heavy atom. The summed E-state index contributed by atoms with van der Waals surface area (Å²) >= 11 is 0. The first kappa shape index (κ1) is 59.0. The maximum atomic E-state index is 12.7. The van der Waals surface area contributed by atoms with E-state index in [1.54, 1.807) is 0 Å². The fourth-order valence-electron chi connectivity index (χ4n) is 7.29. The van der Waals surface area contributed by atoms with Crippen molar-refractivity contribution in [2.75, 3.05) is 54.1 Å². The summed E-state index contributed by atoms with van der Waals surface area (Å²) in [7, 11) is 1.68. The van der Waals surface area contributed by atoms with Gasteiger partial charge in [-0.25, -0.2) is 4.57 Å². The molecule has 356 valence electrons. The lowest BCUT2D eigenvalue weighted by molar-refractivity contribution is -0.870. The number of likely N-dealkylation sites (N-methyl/N-ethyl adjacent to an activating group) is 1. The minimum Gasteiger partial charge on any atom is -0.457 e. The SMILES string of the molecule is CCCCCCC/C=C\C/C=C\CCCCCCCCCCCCCCCC(=O)OC(COCCCCCCCCCCCCCCC)COP(=O)(O)OCC[N+](C)(C)C. The lowest BCUT2D eigenvalue weighted by atomic mass is 10.0. The van der Waals surface area contributed by atoms with Crippen LogP contribution in [-0.2, 0) is 27.9 Å². The molecule has 0 amide bonds. The summed E-state index contributed by atoms with van der Waals surface area (Å²) in [4.78, 5) is 23.0. The third-order valence-corrected chi connectivity index (χ3v) is 12.2. The normalized spacial score (nSPS) is 13.8. The number of hydrogen-bond donors (Lipinski definition) is 1. The number of unbranched alkanes of at least 4 members (excludes halogenated alkanes) is 30. The third-order valence-electron chi connectivity index (χ3n) is 11.3. The number of quaternary nitrogens is 1. The van der Waals surface area contributed by atoms with E-state index in [0.29, 0.717) is 24.1 Å². The predicted molar refractivity (Wildman–Crippen MR) is 257 cm³/mol. The fourth-order valence-corrected chi connectivity index (χ4v) is 8.03. The van der Waals surface area contributed by atoms with Crippen LogP contribution in [0.5, 0.6) is 0 Å². The molecule has 0 heterocycles. The molecule has 0 saturated heterocycles. The van der Waals surface area contributed by atoms with Crippen LogP contribution < -0.4 is 0 Å². The standard InChI is InChI=1S/C51H100NO7P/c1-6-8-10-12-14-16-18-20-21-22-23-24-25-26-27-28-29-30-31-32-34-36-38-40-42-44-51(53)59-50(49-58-60(54,55)57-47-45-52(3,4)5)48-56-46-43-41-39-37-35-33-19-17-15-13-11-9-7-2/h18,20,22-23,50H,6-17,19,21,24-49H2,1-5H3/p+1/b20-18-,23-22-.